The third kappa shape index (κ3) is 6.76. The molecule has 5 nitrogen and oxygen atoms in total. The van der Waals surface area contributed by atoms with E-state index in [9.17, 15) is 4.79 Å². The lowest BCUT2D eigenvalue weighted by molar-refractivity contribution is -0.146. The van der Waals surface area contributed by atoms with E-state index in [0.717, 1.165) is 44.4 Å². The smallest absolute Gasteiger partial charge is 0.308 e. The van der Waals surface area contributed by atoms with E-state index in [4.69, 9.17) is 4.74 Å². The van der Waals surface area contributed by atoms with E-state index in [1.54, 1.807) is 0 Å². The van der Waals surface area contributed by atoms with Gasteiger partial charge in [0, 0.05) is 26.7 Å². The van der Waals surface area contributed by atoms with Gasteiger partial charge in [0.2, 0.25) is 0 Å². The normalized spacial score (nSPS) is 20.4. The first-order valence-corrected chi connectivity index (χ1v) is 9.28. The molecule has 0 aromatic heterocycles. The molecule has 0 radical (unpaired) electrons. The number of halogens is 1. The van der Waals surface area contributed by atoms with Crippen molar-refractivity contribution in [3.8, 4) is 0 Å². The van der Waals surface area contributed by atoms with Gasteiger partial charge >= 0.3 is 5.97 Å². The molecule has 0 bridgehead atoms. The minimum absolute atomic E-state index is 0. The van der Waals surface area contributed by atoms with Crippen LogP contribution in [0.25, 0.3) is 0 Å². The summed E-state index contributed by atoms with van der Waals surface area (Å²) >= 11 is 0. The molecular formula is C18H34IN3O2. The second-order valence-electron chi connectivity index (χ2n) is 6.90. The molecular weight excluding hydrogens is 417 g/mol. The molecule has 1 heterocycles. The van der Waals surface area contributed by atoms with Crippen molar-refractivity contribution in [1.82, 2.24) is 10.2 Å². The van der Waals surface area contributed by atoms with Crippen molar-refractivity contribution in [2.75, 3.05) is 33.8 Å². The van der Waals surface area contributed by atoms with Crippen LogP contribution >= 0.6 is 24.0 Å². The van der Waals surface area contributed by atoms with Crippen molar-refractivity contribution >= 4 is 35.9 Å². The Morgan fingerprint density at radius 2 is 1.83 bits per heavy atom. The molecule has 2 aliphatic rings. The average molecular weight is 451 g/mol. The van der Waals surface area contributed by atoms with Gasteiger partial charge in [-0.2, -0.15) is 0 Å². The van der Waals surface area contributed by atoms with Crippen molar-refractivity contribution in [2.45, 2.75) is 57.8 Å². The van der Waals surface area contributed by atoms with E-state index in [0.29, 0.717) is 0 Å². The lowest BCUT2D eigenvalue weighted by Gasteiger charge is -2.33. The van der Waals surface area contributed by atoms with Crippen LogP contribution in [0.5, 0.6) is 0 Å². The fraction of sp³-hybridized carbons (Fsp3) is 0.889. The van der Waals surface area contributed by atoms with Gasteiger partial charge in [-0.3, -0.25) is 9.79 Å². The van der Waals surface area contributed by atoms with E-state index < -0.39 is 0 Å². The SMILES string of the molecule is CN=C(NCCCC1CCCCC1)N1CCC(C(=O)OC)CC1.I. The summed E-state index contributed by atoms with van der Waals surface area (Å²) in [6.45, 7) is 2.75. The van der Waals surface area contributed by atoms with Gasteiger partial charge in [-0.1, -0.05) is 32.1 Å². The number of hydrogen-bond donors (Lipinski definition) is 1. The molecule has 1 aliphatic heterocycles. The van der Waals surface area contributed by atoms with Gasteiger partial charge < -0.3 is 15.0 Å². The second kappa shape index (κ2) is 11.9. The van der Waals surface area contributed by atoms with Gasteiger partial charge in [0.1, 0.15) is 0 Å². The van der Waals surface area contributed by atoms with Crippen LogP contribution in [-0.4, -0.2) is 50.6 Å². The summed E-state index contributed by atoms with van der Waals surface area (Å²) in [5.74, 6) is 1.92. The maximum atomic E-state index is 11.6. The molecule has 24 heavy (non-hydrogen) atoms. The molecule has 0 aromatic rings. The summed E-state index contributed by atoms with van der Waals surface area (Å²) < 4.78 is 4.85. The first-order chi connectivity index (χ1) is 11.2. The van der Waals surface area contributed by atoms with Crippen LogP contribution in [0.1, 0.15) is 57.8 Å². The number of ether oxygens (including phenoxy) is 1. The lowest BCUT2D eigenvalue weighted by Crippen LogP contribution is -2.46. The quantitative estimate of drug-likeness (QED) is 0.229. The Bertz CT molecular complexity index is 390. The number of guanidine groups is 1. The highest BCUT2D eigenvalue weighted by atomic mass is 127. The maximum Gasteiger partial charge on any atom is 0.308 e. The summed E-state index contributed by atoms with van der Waals surface area (Å²) in [4.78, 5) is 18.3. The summed E-state index contributed by atoms with van der Waals surface area (Å²) in [5.41, 5.74) is 0. The molecule has 1 N–H and O–H groups in total. The molecule has 0 amide bonds. The molecule has 0 unspecified atom stereocenters. The standard InChI is InChI=1S/C18H33N3O2.HI/c1-19-18(20-12-6-9-15-7-4-3-5-8-15)21-13-10-16(11-14-21)17(22)23-2;/h15-16H,3-14H2,1-2H3,(H,19,20);1H. The molecule has 140 valence electrons. The Labute approximate surface area is 164 Å². The Morgan fingerprint density at radius 3 is 2.42 bits per heavy atom. The number of piperidine rings is 1. The highest BCUT2D eigenvalue weighted by Crippen LogP contribution is 2.27. The average Bonchev–Trinajstić information content (AvgIpc) is 2.62. The van der Waals surface area contributed by atoms with Crippen molar-refractivity contribution < 1.29 is 9.53 Å². The Kier molecular flexibility index (Phi) is 10.7. The van der Waals surface area contributed by atoms with Gasteiger partial charge in [0.25, 0.3) is 0 Å². The van der Waals surface area contributed by atoms with E-state index in [-0.39, 0.29) is 35.9 Å². The lowest BCUT2D eigenvalue weighted by atomic mass is 9.86. The first-order valence-electron chi connectivity index (χ1n) is 9.28. The largest absolute Gasteiger partial charge is 0.469 e. The number of esters is 1. The third-order valence-corrected chi connectivity index (χ3v) is 5.34. The molecule has 1 aliphatic carbocycles. The number of likely N-dealkylation sites (tertiary alicyclic amines) is 1. The molecule has 2 rings (SSSR count). The Hall–Kier alpha value is -0.530. The summed E-state index contributed by atoms with van der Waals surface area (Å²) in [6.07, 6.45) is 11.4. The van der Waals surface area contributed by atoms with Crippen LogP contribution < -0.4 is 5.32 Å². The highest BCUT2D eigenvalue weighted by Gasteiger charge is 2.26. The van der Waals surface area contributed by atoms with Crippen LogP contribution in [0.3, 0.4) is 0 Å². The zero-order chi connectivity index (χ0) is 16.5. The minimum Gasteiger partial charge on any atom is -0.469 e. The number of aliphatic imine (C=N–C) groups is 1. The van der Waals surface area contributed by atoms with Gasteiger partial charge in [0.15, 0.2) is 5.96 Å². The van der Waals surface area contributed by atoms with Crippen molar-refractivity contribution in [3.63, 3.8) is 0 Å². The number of hydrogen-bond acceptors (Lipinski definition) is 3. The van der Waals surface area contributed by atoms with Crippen LogP contribution in [0, 0.1) is 11.8 Å². The summed E-state index contributed by atoms with van der Waals surface area (Å²) in [5, 5.41) is 3.50. The highest BCUT2D eigenvalue weighted by molar-refractivity contribution is 14.0. The number of carbonyl (C=O) groups excluding carboxylic acids is 1. The number of methoxy groups -OCH3 is 1. The molecule has 2 fully saturated rings. The molecule has 6 heteroatoms. The molecule has 1 saturated heterocycles. The van der Waals surface area contributed by atoms with Crippen molar-refractivity contribution in [3.05, 3.63) is 0 Å². The van der Waals surface area contributed by atoms with Gasteiger partial charge in [-0.15, -0.1) is 24.0 Å². The van der Waals surface area contributed by atoms with Crippen LogP contribution in [-0.2, 0) is 9.53 Å². The van der Waals surface area contributed by atoms with Crippen LogP contribution in [0.15, 0.2) is 4.99 Å². The molecule has 0 spiro atoms. The topological polar surface area (TPSA) is 53.9 Å². The monoisotopic (exact) mass is 451 g/mol. The fourth-order valence-electron chi connectivity index (χ4n) is 3.89. The minimum atomic E-state index is -0.0694. The van der Waals surface area contributed by atoms with Crippen molar-refractivity contribution in [2.24, 2.45) is 16.8 Å². The van der Waals surface area contributed by atoms with E-state index in [1.165, 1.54) is 52.1 Å². The fourth-order valence-corrected chi connectivity index (χ4v) is 3.89. The van der Waals surface area contributed by atoms with E-state index >= 15 is 0 Å². The molecule has 0 atom stereocenters. The molecule has 1 saturated carbocycles. The van der Waals surface area contributed by atoms with Crippen LogP contribution in [0.2, 0.25) is 0 Å². The predicted octanol–water partition coefficient (Wildman–Crippen LogP) is 3.43. The van der Waals surface area contributed by atoms with Crippen LogP contribution in [0.4, 0.5) is 0 Å². The number of nitrogens with one attached hydrogen (secondary N) is 1. The number of rotatable bonds is 5. The number of carbonyl (C=O) groups is 1. The Balaban J connectivity index is 0.00000288. The number of nitrogens with zero attached hydrogens (tertiary/aromatic N) is 2. The predicted molar refractivity (Wildman–Crippen MR) is 109 cm³/mol. The molecule has 0 aromatic carbocycles. The third-order valence-electron chi connectivity index (χ3n) is 5.34. The van der Waals surface area contributed by atoms with Gasteiger partial charge in [-0.25, -0.2) is 0 Å². The summed E-state index contributed by atoms with van der Waals surface area (Å²) in [7, 11) is 3.32. The zero-order valence-corrected chi connectivity index (χ0v) is 17.6. The summed E-state index contributed by atoms with van der Waals surface area (Å²) in [6, 6.07) is 0. The van der Waals surface area contributed by atoms with Gasteiger partial charge in [0.05, 0.1) is 13.0 Å². The van der Waals surface area contributed by atoms with E-state index in [2.05, 4.69) is 15.2 Å². The van der Waals surface area contributed by atoms with Gasteiger partial charge in [-0.05, 0) is 31.6 Å². The zero-order valence-electron chi connectivity index (χ0n) is 15.3. The first kappa shape index (κ1) is 21.5. The Morgan fingerprint density at radius 1 is 1.17 bits per heavy atom. The van der Waals surface area contributed by atoms with Crippen molar-refractivity contribution in [1.29, 1.82) is 0 Å². The second-order valence-corrected chi connectivity index (χ2v) is 6.90. The maximum absolute atomic E-state index is 11.6. The van der Waals surface area contributed by atoms with E-state index in [1.807, 2.05) is 7.05 Å².